The third-order valence-corrected chi connectivity index (χ3v) is 6.80. The standard InChI is InChI=1S/C31H31FN4O3/c1-31(2,3)22-11-9-21(10-12-22)29(38)34-24-13-14-28(37)25(16-24)26-17-27(20-7-8-20)36(35-26)30(39)33-18-19-5-4-6-23(32)15-19/h4-6,9-17,20,37H,7-8,18H2,1-3H3,(H,33,39)(H,34,38). The van der Waals surface area contributed by atoms with E-state index in [9.17, 15) is 19.1 Å². The Kier molecular flexibility index (Phi) is 6.95. The number of hydrogen-bond acceptors (Lipinski definition) is 4. The molecule has 8 heteroatoms. The monoisotopic (exact) mass is 526 g/mol. The predicted molar refractivity (Wildman–Crippen MR) is 148 cm³/mol. The zero-order valence-electron chi connectivity index (χ0n) is 22.2. The number of carbonyl (C=O) groups is 2. The van der Waals surface area contributed by atoms with Crippen molar-refractivity contribution in [2.75, 3.05) is 5.32 Å². The van der Waals surface area contributed by atoms with Crippen molar-refractivity contribution in [1.82, 2.24) is 15.1 Å². The summed E-state index contributed by atoms with van der Waals surface area (Å²) in [6, 6.07) is 19.6. The first-order valence-corrected chi connectivity index (χ1v) is 13.0. The van der Waals surface area contributed by atoms with Crippen molar-refractivity contribution in [2.45, 2.75) is 51.5 Å². The molecule has 1 aromatic heterocycles. The molecule has 0 radical (unpaired) electrons. The fourth-order valence-electron chi connectivity index (χ4n) is 4.40. The van der Waals surface area contributed by atoms with Crippen LogP contribution in [0.3, 0.4) is 0 Å². The Hall–Kier alpha value is -4.46. The van der Waals surface area contributed by atoms with E-state index in [0.717, 1.165) is 24.1 Å². The smallest absolute Gasteiger partial charge is 0.342 e. The molecule has 3 N–H and O–H groups in total. The number of phenolic OH excluding ortho intramolecular Hbond substituents is 1. The van der Waals surface area contributed by atoms with E-state index >= 15 is 0 Å². The number of amides is 2. The molecule has 1 saturated carbocycles. The van der Waals surface area contributed by atoms with Crippen LogP contribution in [0.1, 0.15) is 66.7 Å². The van der Waals surface area contributed by atoms with Gasteiger partial charge in [-0.1, -0.05) is 45.0 Å². The minimum atomic E-state index is -0.435. The van der Waals surface area contributed by atoms with E-state index in [1.807, 2.05) is 12.1 Å². The van der Waals surface area contributed by atoms with E-state index in [1.54, 1.807) is 42.5 Å². The number of halogens is 1. The maximum Gasteiger partial charge on any atom is 0.342 e. The van der Waals surface area contributed by atoms with Gasteiger partial charge in [0.1, 0.15) is 11.6 Å². The molecule has 2 amide bonds. The number of anilines is 1. The molecule has 5 rings (SSSR count). The summed E-state index contributed by atoms with van der Waals surface area (Å²) in [5, 5.41) is 20.8. The highest BCUT2D eigenvalue weighted by atomic mass is 19.1. The molecule has 0 bridgehead atoms. The lowest BCUT2D eigenvalue weighted by molar-refractivity contribution is 0.102. The molecule has 1 fully saturated rings. The van der Waals surface area contributed by atoms with Gasteiger partial charge in [0.2, 0.25) is 0 Å². The van der Waals surface area contributed by atoms with Crippen LogP contribution in [0, 0.1) is 5.82 Å². The number of nitrogens with one attached hydrogen (secondary N) is 2. The maximum absolute atomic E-state index is 13.5. The van der Waals surface area contributed by atoms with E-state index in [0.29, 0.717) is 28.1 Å². The minimum Gasteiger partial charge on any atom is -0.507 e. The highest BCUT2D eigenvalue weighted by molar-refractivity contribution is 6.04. The van der Waals surface area contributed by atoms with Gasteiger partial charge >= 0.3 is 6.03 Å². The summed E-state index contributed by atoms with van der Waals surface area (Å²) in [7, 11) is 0. The summed E-state index contributed by atoms with van der Waals surface area (Å²) >= 11 is 0. The first-order valence-electron chi connectivity index (χ1n) is 13.0. The maximum atomic E-state index is 13.5. The van der Waals surface area contributed by atoms with E-state index in [2.05, 4.69) is 36.5 Å². The average molecular weight is 527 g/mol. The first-order chi connectivity index (χ1) is 18.6. The van der Waals surface area contributed by atoms with Crippen molar-refractivity contribution in [3.8, 4) is 17.0 Å². The quantitative estimate of drug-likeness (QED) is 0.247. The highest BCUT2D eigenvalue weighted by Crippen LogP contribution is 2.42. The second-order valence-electron chi connectivity index (χ2n) is 10.9. The van der Waals surface area contributed by atoms with Gasteiger partial charge < -0.3 is 15.7 Å². The summed E-state index contributed by atoms with van der Waals surface area (Å²) in [6.45, 7) is 6.50. The Balaban J connectivity index is 1.36. The van der Waals surface area contributed by atoms with Crippen LogP contribution in [-0.2, 0) is 12.0 Å². The minimum absolute atomic E-state index is 0.0139. The molecule has 3 aromatic carbocycles. The van der Waals surface area contributed by atoms with Crippen LogP contribution in [0.2, 0.25) is 0 Å². The molecule has 39 heavy (non-hydrogen) atoms. The summed E-state index contributed by atoms with van der Waals surface area (Å²) in [5.41, 5.74) is 4.33. The molecule has 7 nitrogen and oxygen atoms in total. The summed E-state index contributed by atoms with van der Waals surface area (Å²) < 4.78 is 14.8. The molecule has 1 heterocycles. The van der Waals surface area contributed by atoms with Gasteiger partial charge in [0.25, 0.3) is 5.91 Å². The molecule has 0 aliphatic heterocycles. The van der Waals surface area contributed by atoms with Gasteiger partial charge in [0.15, 0.2) is 0 Å². The lowest BCUT2D eigenvalue weighted by Gasteiger charge is -2.19. The summed E-state index contributed by atoms with van der Waals surface area (Å²) in [4.78, 5) is 25.9. The topological polar surface area (TPSA) is 96.2 Å². The SMILES string of the molecule is CC(C)(C)c1ccc(C(=O)Nc2ccc(O)c(-c3cc(C4CC4)n(C(=O)NCc4cccc(F)c4)n3)c2)cc1. The second kappa shape index (κ2) is 10.4. The third-order valence-electron chi connectivity index (χ3n) is 6.80. The molecule has 0 spiro atoms. The van der Waals surface area contributed by atoms with Crippen LogP contribution in [0.4, 0.5) is 14.9 Å². The van der Waals surface area contributed by atoms with E-state index in [-0.39, 0.29) is 35.4 Å². The van der Waals surface area contributed by atoms with Gasteiger partial charge in [-0.3, -0.25) is 4.79 Å². The Morgan fingerprint density at radius 1 is 1.03 bits per heavy atom. The van der Waals surface area contributed by atoms with Crippen molar-refractivity contribution in [3.63, 3.8) is 0 Å². The van der Waals surface area contributed by atoms with Gasteiger partial charge in [-0.25, -0.2) is 9.18 Å². The summed E-state index contributed by atoms with van der Waals surface area (Å²) in [6.07, 6.45) is 1.89. The van der Waals surface area contributed by atoms with E-state index in [1.165, 1.54) is 22.9 Å². The van der Waals surface area contributed by atoms with Crippen molar-refractivity contribution >= 4 is 17.6 Å². The highest BCUT2D eigenvalue weighted by Gasteiger charge is 2.31. The molecular weight excluding hydrogens is 495 g/mol. The molecule has 0 saturated heterocycles. The fourth-order valence-corrected chi connectivity index (χ4v) is 4.40. The van der Waals surface area contributed by atoms with Crippen molar-refractivity contribution in [2.24, 2.45) is 0 Å². The van der Waals surface area contributed by atoms with Gasteiger partial charge in [-0.2, -0.15) is 9.78 Å². The van der Waals surface area contributed by atoms with Gasteiger partial charge in [-0.15, -0.1) is 0 Å². The van der Waals surface area contributed by atoms with Crippen molar-refractivity contribution < 1.29 is 19.1 Å². The van der Waals surface area contributed by atoms with E-state index < -0.39 is 6.03 Å². The predicted octanol–water partition coefficient (Wildman–Crippen LogP) is 6.58. The number of rotatable bonds is 6. The van der Waals surface area contributed by atoms with Crippen LogP contribution in [0.15, 0.2) is 72.8 Å². The molecule has 0 atom stereocenters. The zero-order valence-corrected chi connectivity index (χ0v) is 22.2. The largest absolute Gasteiger partial charge is 0.507 e. The average Bonchev–Trinajstić information content (AvgIpc) is 3.66. The number of aromatic hydroxyl groups is 1. The van der Waals surface area contributed by atoms with Crippen LogP contribution in [-0.4, -0.2) is 26.8 Å². The number of carbonyl (C=O) groups excluding carboxylic acids is 2. The van der Waals surface area contributed by atoms with Crippen LogP contribution < -0.4 is 10.6 Å². The van der Waals surface area contributed by atoms with Crippen LogP contribution >= 0.6 is 0 Å². The van der Waals surface area contributed by atoms with Gasteiger partial charge in [0, 0.05) is 29.3 Å². The Labute approximate surface area is 226 Å². The Bertz CT molecular complexity index is 1530. The van der Waals surface area contributed by atoms with Crippen LogP contribution in [0.5, 0.6) is 5.75 Å². The Morgan fingerprint density at radius 2 is 1.77 bits per heavy atom. The fraction of sp³-hybridized carbons (Fsp3) is 0.258. The summed E-state index contributed by atoms with van der Waals surface area (Å²) in [5.74, 6) is -0.457. The number of hydrogen-bond donors (Lipinski definition) is 3. The number of nitrogens with zero attached hydrogens (tertiary/aromatic N) is 2. The van der Waals surface area contributed by atoms with Gasteiger partial charge in [0.05, 0.1) is 11.4 Å². The molecule has 4 aromatic rings. The van der Waals surface area contributed by atoms with Gasteiger partial charge in [-0.05, 0) is 77.9 Å². The second-order valence-corrected chi connectivity index (χ2v) is 10.9. The Morgan fingerprint density at radius 3 is 2.44 bits per heavy atom. The molecule has 1 aliphatic rings. The van der Waals surface area contributed by atoms with Crippen molar-refractivity contribution in [1.29, 1.82) is 0 Å². The molecule has 1 aliphatic carbocycles. The van der Waals surface area contributed by atoms with Crippen LogP contribution in [0.25, 0.3) is 11.3 Å². The lowest BCUT2D eigenvalue weighted by Crippen LogP contribution is -2.30. The normalized spacial score (nSPS) is 13.2. The van der Waals surface area contributed by atoms with Crippen molar-refractivity contribution in [3.05, 3.63) is 101 Å². The number of phenols is 1. The first kappa shape index (κ1) is 26.2. The number of aromatic nitrogens is 2. The lowest BCUT2D eigenvalue weighted by atomic mass is 9.87. The molecule has 0 unspecified atom stereocenters. The number of benzene rings is 3. The molecule has 200 valence electrons. The zero-order chi connectivity index (χ0) is 27.7. The molecular formula is C31H31FN4O3. The third kappa shape index (κ3) is 6.00. The van der Waals surface area contributed by atoms with E-state index in [4.69, 9.17) is 0 Å².